The minimum absolute atomic E-state index is 0.0128. The number of cyclic esters (lactones) is 1. The van der Waals surface area contributed by atoms with Gasteiger partial charge in [0.2, 0.25) is 21.8 Å². The maximum absolute atomic E-state index is 14.9. The van der Waals surface area contributed by atoms with E-state index in [0.717, 1.165) is 24.0 Å². The van der Waals surface area contributed by atoms with Gasteiger partial charge in [0.1, 0.15) is 29.5 Å². The molecule has 51 heavy (non-hydrogen) atoms. The fourth-order valence-corrected chi connectivity index (χ4v) is 8.87. The van der Waals surface area contributed by atoms with Gasteiger partial charge in [0.15, 0.2) is 0 Å². The van der Waals surface area contributed by atoms with E-state index in [9.17, 15) is 36.8 Å². The van der Waals surface area contributed by atoms with E-state index in [-0.39, 0.29) is 45.0 Å². The molecule has 2 aliphatic carbocycles. The second kappa shape index (κ2) is 13.9. The number of aryl methyl sites for hydroxylation is 1. The lowest BCUT2D eigenvalue weighted by Crippen LogP contribution is -2.60. The van der Waals surface area contributed by atoms with Crippen molar-refractivity contribution in [1.82, 2.24) is 25.2 Å². The Labute approximate surface area is 297 Å². The first-order valence-electron chi connectivity index (χ1n) is 17.9. The number of amides is 5. The number of alkyl carbamates (subject to hydrolysis) is 1. The van der Waals surface area contributed by atoms with Crippen molar-refractivity contribution in [3.05, 3.63) is 34.6 Å². The van der Waals surface area contributed by atoms with Gasteiger partial charge in [-0.1, -0.05) is 40.2 Å². The Morgan fingerprint density at radius 2 is 1.80 bits per heavy atom. The van der Waals surface area contributed by atoms with Crippen molar-refractivity contribution < 1.29 is 46.3 Å². The molecule has 1 aromatic carbocycles. The van der Waals surface area contributed by atoms with Crippen LogP contribution in [0.2, 0.25) is 0 Å². The smallest absolute Gasteiger partial charge is 0.410 e. The Morgan fingerprint density at radius 3 is 2.47 bits per heavy atom. The molecule has 5 aliphatic rings. The van der Waals surface area contributed by atoms with Crippen LogP contribution in [0.1, 0.15) is 95.8 Å². The second-order valence-electron chi connectivity index (χ2n) is 15.6. The predicted octanol–water partition coefficient (Wildman–Crippen LogP) is 3.01. The fraction of sp³-hybridized carbons (Fsp3) is 0.686. The summed E-state index contributed by atoms with van der Waals surface area (Å²) in [5.41, 5.74) is -0.245. The van der Waals surface area contributed by atoms with E-state index >= 15 is 0 Å². The molecule has 280 valence electrons. The number of rotatable bonds is 6. The van der Waals surface area contributed by atoms with Gasteiger partial charge < -0.3 is 25.0 Å². The molecule has 5 amide bonds. The lowest BCUT2D eigenvalue weighted by Gasteiger charge is -2.35. The summed E-state index contributed by atoms with van der Waals surface area (Å²) in [6, 6.07) is 0.750. The van der Waals surface area contributed by atoms with Crippen LogP contribution in [0.5, 0.6) is 0 Å². The highest BCUT2D eigenvalue weighted by Gasteiger charge is 2.62. The zero-order valence-corrected chi connectivity index (χ0v) is 30.4. The number of carbonyl (C=O) groups is 5. The van der Waals surface area contributed by atoms with Crippen molar-refractivity contribution in [3.8, 4) is 0 Å². The number of benzene rings is 1. The molecule has 6 rings (SSSR count). The number of sulfonamides is 1. The van der Waals surface area contributed by atoms with Gasteiger partial charge in [-0.3, -0.25) is 24.0 Å². The van der Waals surface area contributed by atoms with Crippen LogP contribution in [0.15, 0.2) is 12.1 Å². The number of hydrogen-bond donors (Lipinski definition) is 3. The van der Waals surface area contributed by atoms with Crippen molar-refractivity contribution in [2.45, 2.75) is 128 Å². The molecule has 14 nitrogen and oxygen atoms in total. The summed E-state index contributed by atoms with van der Waals surface area (Å²) in [4.78, 5) is 71.0. The first-order chi connectivity index (χ1) is 24.0. The van der Waals surface area contributed by atoms with Crippen molar-refractivity contribution in [2.24, 2.45) is 11.3 Å². The molecule has 1 saturated heterocycles. The van der Waals surface area contributed by atoms with Crippen LogP contribution in [0.25, 0.3) is 0 Å². The molecule has 0 spiro atoms. The number of nitrogens with zero attached hydrogens (tertiary/aromatic N) is 2. The van der Waals surface area contributed by atoms with Crippen molar-refractivity contribution >= 4 is 39.9 Å². The molecule has 2 saturated carbocycles. The molecule has 1 unspecified atom stereocenters. The Hall–Kier alpha value is -3.95. The average Bonchev–Trinajstić information content (AvgIpc) is 3.95. The van der Waals surface area contributed by atoms with E-state index < -0.39 is 80.1 Å². The van der Waals surface area contributed by atoms with Gasteiger partial charge >= 0.3 is 12.2 Å². The van der Waals surface area contributed by atoms with Crippen molar-refractivity contribution in [3.63, 3.8) is 0 Å². The number of hydrogen-bond acceptors (Lipinski definition) is 9. The number of halogens is 1. The number of fused-ring (bicyclic) bond motifs is 3. The maximum Gasteiger partial charge on any atom is 0.410 e. The van der Waals surface area contributed by atoms with Gasteiger partial charge in [-0.2, -0.15) is 0 Å². The molecule has 3 N–H and O–H groups in total. The highest BCUT2D eigenvalue weighted by atomic mass is 32.2. The third-order valence-corrected chi connectivity index (χ3v) is 12.6. The van der Waals surface area contributed by atoms with Crippen LogP contribution in [-0.2, 0) is 53.4 Å². The molecule has 3 heterocycles. The van der Waals surface area contributed by atoms with Crippen LogP contribution in [-0.4, -0.2) is 90.3 Å². The summed E-state index contributed by atoms with van der Waals surface area (Å²) in [6.07, 6.45) is 1.71. The minimum atomic E-state index is -3.89. The van der Waals surface area contributed by atoms with E-state index in [4.69, 9.17) is 9.47 Å². The molecular formula is C35H48FN5O9S. The van der Waals surface area contributed by atoms with E-state index in [2.05, 4.69) is 15.4 Å². The van der Waals surface area contributed by atoms with Crippen LogP contribution >= 0.6 is 0 Å². The van der Waals surface area contributed by atoms with Gasteiger partial charge in [0.05, 0.1) is 31.5 Å². The number of nitrogens with one attached hydrogen (secondary N) is 3. The lowest BCUT2D eigenvalue weighted by molar-refractivity contribution is -0.143. The van der Waals surface area contributed by atoms with Crippen molar-refractivity contribution in [1.29, 1.82) is 0 Å². The third kappa shape index (κ3) is 7.65. The van der Waals surface area contributed by atoms with Gasteiger partial charge in [-0.15, -0.1) is 0 Å². The van der Waals surface area contributed by atoms with Crippen LogP contribution in [0, 0.1) is 17.2 Å². The molecule has 1 aromatic rings. The summed E-state index contributed by atoms with van der Waals surface area (Å²) in [5.74, 6) is -2.90. The molecule has 0 aromatic heterocycles. The highest BCUT2D eigenvalue weighted by molar-refractivity contribution is 7.91. The SMILES string of the molecule is CC[C@@H]1C[C@]1(NC(=O)[C@@H]1CC2CN1C(=O)[C@H](C(C)(C)C)NC(=O)OCCCCCc1ccc(F)c3c1CN(C3)C(=O)O2)C(=O)NS(=O)(=O)C1CC1. The fourth-order valence-electron chi connectivity index (χ4n) is 7.50. The number of ether oxygens (including phenoxy) is 2. The van der Waals surface area contributed by atoms with Gasteiger partial charge in [-0.25, -0.2) is 22.4 Å². The van der Waals surface area contributed by atoms with Crippen molar-refractivity contribution in [2.75, 3.05) is 13.2 Å². The van der Waals surface area contributed by atoms with Crippen LogP contribution in [0.3, 0.4) is 0 Å². The topological polar surface area (TPSA) is 181 Å². The summed E-state index contributed by atoms with van der Waals surface area (Å²) < 4.78 is 53.7. The molecule has 4 bridgehead atoms. The number of carbonyl (C=O) groups excluding carboxylic acids is 5. The van der Waals surface area contributed by atoms with Crippen LogP contribution in [0.4, 0.5) is 14.0 Å². The molecular weight excluding hydrogens is 685 g/mol. The zero-order chi connectivity index (χ0) is 36.9. The minimum Gasteiger partial charge on any atom is -0.450 e. The molecule has 3 fully saturated rings. The Kier molecular flexibility index (Phi) is 10.0. The lowest BCUT2D eigenvalue weighted by atomic mass is 9.85. The van der Waals surface area contributed by atoms with E-state index in [1.807, 2.05) is 6.92 Å². The average molecular weight is 734 g/mol. The second-order valence-corrected chi connectivity index (χ2v) is 17.6. The van der Waals surface area contributed by atoms with E-state index in [0.29, 0.717) is 37.7 Å². The predicted molar refractivity (Wildman–Crippen MR) is 181 cm³/mol. The zero-order valence-electron chi connectivity index (χ0n) is 29.6. The van der Waals surface area contributed by atoms with Gasteiger partial charge in [0, 0.05) is 12.0 Å². The Morgan fingerprint density at radius 1 is 1.08 bits per heavy atom. The first-order valence-corrected chi connectivity index (χ1v) is 19.4. The standard InChI is InChI=1S/C35H48FN5O9S/c1-5-21-16-35(21,31(44)39-51(47,48)23-11-12-23)38-29(42)27-15-22-17-41(27)30(43)28(34(2,3)4)37-32(45)49-14-8-6-7-9-20-10-13-26(36)25-19-40(18-24(20)25)33(46)50-22/h10,13,21-23,27-28H,5-9,11-12,14-19H2,1-4H3,(H,37,45)(H,38,42)(H,39,44)/t21-,22?,27+,28-,35-/m1/s1. The normalized spacial score (nSPS) is 28.8. The summed E-state index contributed by atoms with van der Waals surface area (Å²) in [7, 11) is -3.89. The largest absolute Gasteiger partial charge is 0.450 e. The van der Waals surface area contributed by atoms with Gasteiger partial charge in [0.25, 0.3) is 5.91 Å². The monoisotopic (exact) mass is 733 g/mol. The van der Waals surface area contributed by atoms with E-state index in [1.54, 1.807) is 26.8 Å². The van der Waals surface area contributed by atoms with E-state index in [1.165, 1.54) is 15.9 Å². The molecule has 16 heteroatoms. The summed E-state index contributed by atoms with van der Waals surface area (Å²) in [5, 5.41) is 4.81. The maximum atomic E-state index is 14.9. The quantitative estimate of drug-likeness (QED) is 0.396. The Bertz CT molecular complexity index is 1710. The summed E-state index contributed by atoms with van der Waals surface area (Å²) >= 11 is 0. The third-order valence-electron chi connectivity index (χ3n) is 10.8. The molecule has 3 aliphatic heterocycles. The first kappa shape index (κ1) is 36.8. The molecule has 0 radical (unpaired) electrons. The van der Waals surface area contributed by atoms with Crippen LogP contribution < -0.4 is 15.4 Å². The van der Waals surface area contributed by atoms with Gasteiger partial charge in [-0.05, 0) is 73.5 Å². The molecule has 5 atom stereocenters. The highest BCUT2D eigenvalue weighted by Crippen LogP contribution is 2.47. The Balaban J connectivity index is 1.27. The summed E-state index contributed by atoms with van der Waals surface area (Å²) in [6.45, 7) is 7.16.